The van der Waals surface area contributed by atoms with Crippen LogP contribution in [-0.2, 0) is 5.41 Å². The lowest BCUT2D eigenvalue weighted by Gasteiger charge is -2.22. The predicted molar refractivity (Wildman–Crippen MR) is 94.8 cm³/mol. The van der Waals surface area contributed by atoms with Crippen LogP contribution in [0.2, 0.25) is 0 Å². The monoisotopic (exact) mass is 302 g/mol. The molecule has 0 atom stereocenters. The number of hydrogen-bond acceptors (Lipinski definition) is 1. The summed E-state index contributed by atoms with van der Waals surface area (Å²) < 4.78 is 0. The Morgan fingerprint density at radius 1 is 0.870 bits per heavy atom. The zero-order valence-electron chi connectivity index (χ0n) is 14.1. The number of hydrogen-bond donors (Lipinski definition) is 1. The Kier molecular flexibility index (Phi) is 2.99. The van der Waals surface area contributed by atoms with Gasteiger partial charge in [-0.1, -0.05) is 69.3 Å². The van der Waals surface area contributed by atoms with Crippen molar-refractivity contribution in [2.45, 2.75) is 39.0 Å². The van der Waals surface area contributed by atoms with Crippen LogP contribution < -0.4 is 0 Å². The van der Waals surface area contributed by atoms with E-state index in [4.69, 9.17) is 0 Å². The number of rotatable bonds is 1. The topological polar surface area (TPSA) is 28.7 Å². The maximum atomic E-state index is 4.65. The van der Waals surface area contributed by atoms with Gasteiger partial charge in [0.1, 0.15) is 0 Å². The number of aromatic nitrogens is 2. The molecule has 1 N–H and O–H groups in total. The van der Waals surface area contributed by atoms with Crippen molar-refractivity contribution in [3.63, 3.8) is 0 Å². The summed E-state index contributed by atoms with van der Waals surface area (Å²) in [5.41, 5.74) is 9.20. The molecule has 0 fully saturated rings. The summed E-state index contributed by atoms with van der Waals surface area (Å²) >= 11 is 0. The molecular formula is C21H22N2. The summed E-state index contributed by atoms with van der Waals surface area (Å²) in [6.07, 6.45) is 0. The van der Waals surface area contributed by atoms with Crippen molar-refractivity contribution in [1.82, 2.24) is 10.2 Å². The van der Waals surface area contributed by atoms with E-state index in [0.717, 1.165) is 0 Å². The highest BCUT2D eigenvalue weighted by Crippen LogP contribution is 2.50. The molecule has 0 aliphatic heterocycles. The van der Waals surface area contributed by atoms with Crippen LogP contribution in [0, 0.1) is 6.92 Å². The fraction of sp³-hybridized carbons (Fsp3) is 0.286. The first-order chi connectivity index (χ1) is 11.0. The Morgan fingerprint density at radius 2 is 1.39 bits per heavy atom. The zero-order chi connectivity index (χ0) is 16.2. The van der Waals surface area contributed by atoms with Gasteiger partial charge in [-0.15, -0.1) is 0 Å². The second-order valence-corrected chi connectivity index (χ2v) is 7.47. The molecule has 0 bridgehead atoms. The van der Waals surface area contributed by atoms with Crippen molar-refractivity contribution >= 4 is 0 Å². The van der Waals surface area contributed by atoms with Crippen molar-refractivity contribution < 1.29 is 0 Å². The third kappa shape index (κ3) is 2.05. The SMILES string of the molecule is Cc1[nH]nc(C(C)(C)C)c1C1c2ccccc2-c2ccccc21. The van der Waals surface area contributed by atoms with E-state index in [-0.39, 0.29) is 11.3 Å². The van der Waals surface area contributed by atoms with Gasteiger partial charge >= 0.3 is 0 Å². The quantitative estimate of drug-likeness (QED) is 0.516. The van der Waals surface area contributed by atoms with Crippen LogP contribution >= 0.6 is 0 Å². The summed E-state index contributed by atoms with van der Waals surface area (Å²) in [4.78, 5) is 0. The third-order valence-electron chi connectivity index (χ3n) is 4.83. The summed E-state index contributed by atoms with van der Waals surface area (Å²) in [6.45, 7) is 8.84. The van der Waals surface area contributed by atoms with Gasteiger partial charge < -0.3 is 0 Å². The van der Waals surface area contributed by atoms with E-state index >= 15 is 0 Å². The molecule has 3 aromatic rings. The van der Waals surface area contributed by atoms with Crippen molar-refractivity contribution in [2.75, 3.05) is 0 Å². The Hall–Kier alpha value is -2.35. The highest BCUT2D eigenvalue weighted by Gasteiger charge is 2.35. The predicted octanol–water partition coefficient (Wildman–Crippen LogP) is 5.18. The van der Waals surface area contributed by atoms with Crippen molar-refractivity contribution in [3.8, 4) is 11.1 Å². The fourth-order valence-corrected chi connectivity index (χ4v) is 3.83. The minimum Gasteiger partial charge on any atom is -0.282 e. The molecule has 2 aromatic carbocycles. The van der Waals surface area contributed by atoms with E-state index in [1.54, 1.807) is 0 Å². The molecule has 0 spiro atoms. The van der Waals surface area contributed by atoms with Gasteiger partial charge in [-0.3, -0.25) is 5.10 Å². The van der Waals surface area contributed by atoms with Gasteiger partial charge in [0, 0.05) is 22.6 Å². The second-order valence-electron chi connectivity index (χ2n) is 7.47. The first kappa shape index (κ1) is 14.3. The van der Waals surface area contributed by atoms with Crippen LogP contribution in [0.5, 0.6) is 0 Å². The molecule has 1 aliphatic rings. The van der Waals surface area contributed by atoms with Gasteiger partial charge in [0.2, 0.25) is 0 Å². The van der Waals surface area contributed by atoms with Crippen molar-refractivity contribution in [3.05, 3.63) is 76.6 Å². The second kappa shape index (κ2) is 4.82. The Bertz CT molecular complexity index is 835. The lowest BCUT2D eigenvalue weighted by Crippen LogP contribution is -2.16. The van der Waals surface area contributed by atoms with Crippen LogP contribution in [0.3, 0.4) is 0 Å². The molecule has 0 saturated heterocycles. The van der Waals surface area contributed by atoms with Gasteiger partial charge in [-0.2, -0.15) is 5.10 Å². The number of H-pyrrole nitrogens is 1. The molecule has 0 unspecified atom stereocenters. The van der Waals surface area contributed by atoms with E-state index in [2.05, 4.69) is 86.4 Å². The van der Waals surface area contributed by atoms with Gasteiger partial charge in [-0.25, -0.2) is 0 Å². The lowest BCUT2D eigenvalue weighted by atomic mass is 9.81. The minimum absolute atomic E-state index is 0.0204. The summed E-state index contributed by atoms with van der Waals surface area (Å²) in [5.74, 6) is 0.273. The Morgan fingerprint density at radius 3 is 1.91 bits per heavy atom. The molecule has 2 nitrogen and oxygen atoms in total. The van der Waals surface area contributed by atoms with Crippen LogP contribution in [0.4, 0.5) is 0 Å². The molecule has 0 saturated carbocycles. The van der Waals surface area contributed by atoms with Gasteiger partial charge in [-0.05, 0) is 29.2 Å². The number of aromatic amines is 1. The molecule has 1 heterocycles. The summed E-state index contributed by atoms with van der Waals surface area (Å²) in [7, 11) is 0. The minimum atomic E-state index is 0.0204. The summed E-state index contributed by atoms with van der Waals surface area (Å²) in [5, 5.41) is 7.88. The molecule has 0 radical (unpaired) electrons. The van der Waals surface area contributed by atoms with E-state index < -0.39 is 0 Å². The number of nitrogens with one attached hydrogen (secondary N) is 1. The molecule has 2 heteroatoms. The fourth-order valence-electron chi connectivity index (χ4n) is 3.83. The molecule has 0 amide bonds. The lowest BCUT2D eigenvalue weighted by molar-refractivity contribution is 0.559. The van der Waals surface area contributed by atoms with Gasteiger partial charge in [0.05, 0.1) is 5.69 Å². The Balaban J connectivity index is 2.03. The largest absolute Gasteiger partial charge is 0.282 e. The molecule has 4 rings (SSSR count). The highest BCUT2D eigenvalue weighted by molar-refractivity contribution is 5.81. The first-order valence-electron chi connectivity index (χ1n) is 8.22. The average Bonchev–Trinajstić information content (AvgIpc) is 3.05. The first-order valence-corrected chi connectivity index (χ1v) is 8.22. The van der Waals surface area contributed by atoms with E-state index in [9.17, 15) is 0 Å². The summed E-state index contributed by atoms with van der Waals surface area (Å²) in [6, 6.07) is 17.5. The third-order valence-corrected chi connectivity index (χ3v) is 4.83. The van der Waals surface area contributed by atoms with Crippen LogP contribution in [0.15, 0.2) is 48.5 Å². The standard InChI is InChI=1S/C21H22N2/c1-13-18(20(23-22-13)21(2,3)4)19-16-11-7-5-9-14(16)15-10-6-8-12-17(15)19/h5-12,19H,1-4H3,(H,22,23). The molecule has 1 aliphatic carbocycles. The van der Waals surface area contributed by atoms with Crippen molar-refractivity contribution in [2.24, 2.45) is 0 Å². The highest BCUT2D eigenvalue weighted by atomic mass is 15.1. The zero-order valence-corrected chi connectivity index (χ0v) is 14.1. The van der Waals surface area contributed by atoms with E-state index in [1.807, 2.05) is 0 Å². The Labute approximate surface area is 137 Å². The van der Waals surface area contributed by atoms with Crippen LogP contribution in [0.1, 0.15) is 54.8 Å². The molecule has 116 valence electrons. The number of benzene rings is 2. The normalized spacial score (nSPS) is 13.9. The van der Waals surface area contributed by atoms with Crippen LogP contribution in [0.25, 0.3) is 11.1 Å². The van der Waals surface area contributed by atoms with E-state index in [1.165, 1.54) is 39.2 Å². The van der Waals surface area contributed by atoms with Gasteiger partial charge in [0.15, 0.2) is 0 Å². The molecular weight excluding hydrogens is 280 g/mol. The maximum absolute atomic E-state index is 4.65. The number of nitrogens with zero attached hydrogens (tertiary/aromatic N) is 1. The average molecular weight is 302 g/mol. The van der Waals surface area contributed by atoms with Crippen LogP contribution in [-0.4, -0.2) is 10.2 Å². The van der Waals surface area contributed by atoms with E-state index in [0.29, 0.717) is 0 Å². The van der Waals surface area contributed by atoms with Gasteiger partial charge in [0.25, 0.3) is 0 Å². The molecule has 1 aromatic heterocycles. The molecule has 23 heavy (non-hydrogen) atoms. The number of fused-ring (bicyclic) bond motifs is 3. The maximum Gasteiger partial charge on any atom is 0.0719 e. The number of aryl methyl sites for hydroxylation is 1. The van der Waals surface area contributed by atoms with Crippen molar-refractivity contribution in [1.29, 1.82) is 0 Å². The smallest absolute Gasteiger partial charge is 0.0719 e.